The summed E-state index contributed by atoms with van der Waals surface area (Å²) in [6, 6.07) is 8.71. The van der Waals surface area contributed by atoms with E-state index in [1.165, 1.54) is 15.3 Å². The molecule has 1 atom stereocenters. The minimum Gasteiger partial charge on any atom is -0.508 e. The summed E-state index contributed by atoms with van der Waals surface area (Å²) >= 11 is 1.79. The molecular weight excluding hydrogens is 322 g/mol. The molecule has 0 radical (unpaired) electrons. The molecule has 0 aliphatic carbocycles. The third kappa shape index (κ3) is 5.65. The zero-order valence-corrected chi connectivity index (χ0v) is 15.0. The second-order valence-corrected chi connectivity index (χ2v) is 7.57. The van der Waals surface area contributed by atoms with Crippen LogP contribution < -0.4 is 5.32 Å². The van der Waals surface area contributed by atoms with Crippen molar-refractivity contribution in [3.63, 3.8) is 0 Å². The monoisotopic (exact) mass is 347 g/mol. The molecule has 0 unspecified atom stereocenters. The number of phenolic OH excluding ortho intramolecular Hbond substituents is 1. The van der Waals surface area contributed by atoms with Crippen LogP contribution in [0.5, 0.6) is 5.75 Å². The van der Waals surface area contributed by atoms with Gasteiger partial charge in [0.15, 0.2) is 0 Å². The first kappa shape index (κ1) is 18.5. The fraction of sp³-hybridized carbons (Fsp3) is 0.421. The Kier molecular flexibility index (Phi) is 6.82. The van der Waals surface area contributed by atoms with Crippen LogP contribution >= 0.6 is 11.3 Å². The number of amides is 1. The maximum atomic E-state index is 12.1. The van der Waals surface area contributed by atoms with Gasteiger partial charge in [-0.2, -0.15) is 0 Å². The molecule has 0 aliphatic heterocycles. The van der Waals surface area contributed by atoms with Gasteiger partial charge in [-0.1, -0.05) is 12.1 Å². The highest BCUT2D eigenvalue weighted by Crippen LogP contribution is 2.22. The molecule has 0 spiro atoms. The first-order valence-electron chi connectivity index (χ1n) is 8.22. The molecule has 2 aromatic rings. The number of aliphatic hydroxyl groups is 1. The number of thiophene rings is 1. The molecule has 0 aliphatic rings. The molecule has 0 bridgehead atoms. The minimum absolute atomic E-state index is 0.0302. The first-order valence-corrected chi connectivity index (χ1v) is 9.03. The molecule has 130 valence electrons. The highest BCUT2D eigenvalue weighted by molar-refractivity contribution is 7.12. The highest BCUT2D eigenvalue weighted by atomic mass is 32.1. The fourth-order valence-corrected chi connectivity index (χ4v) is 3.72. The number of nitrogens with one attached hydrogen (secondary N) is 1. The average molecular weight is 347 g/mol. The summed E-state index contributed by atoms with van der Waals surface area (Å²) in [5, 5.41) is 21.6. The Morgan fingerprint density at radius 1 is 1.25 bits per heavy atom. The summed E-state index contributed by atoms with van der Waals surface area (Å²) in [6.45, 7) is 4.12. The molecule has 0 fully saturated rings. The number of hydrogen-bond donors (Lipinski definition) is 3. The van der Waals surface area contributed by atoms with Gasteiger partial charge in [-0.3, -0.25) is 4.79 Å². The molecule has 5 heteroatoms. The molecule has 0 saturated heterocycles. The van der Waals surface area contributed by atoms with E-state index in [9.17, 15) is 15.0 Å². The number of rotatable bonds is 8. The zero-order valence-electron chi connectivity index (χ0n) is 14.2. The summed E-state index contributed by atoms with van der Waals surface area (Å²) in [5.41, 5.74) is 2.30. The van der Waals surface area contributed by atoms with Crippen molar-refractivity contribution in [2.75, 3.05) is 6.61 Å². The Morgan fingerprint density at radius 2 is 1.96 bits per heavy atom. The minimum atomic E-state index is -0.299. The molecule has 4 nitrogen and oxygen atoms in total. The van der Waals surface area contributed by atoms with E-state index in [-0.39, 0.29) is 24.3 Å². The lowest BCUT2D eigenvalue weighted by molar-refractivity contribution is -0.122. The van der Waals surface area contributed by atoms with Gasteiger partial charge >= 0.3 is 0 Å². The molecule has 2 rings (SSSR count). The van der Waals surface area contributed by atoms with Gasteiger partial charge in [-0.15, -0.1) is 11.3 Å². The van der Waals surface area contributed by atoms with E-state index in [4.69, 9.17) is 0 Å². The van der Waals surface area contributed by atoms with Gasteiger partial charge in [0.25, 0.3) is 0 Å². The number of hydrogen-bond acceptors (Lipinski definition) is 4. The van der Waals surface area contributed by atoms with Crippen LogP contribution in [0.4, 0.5) is 0 Å². The Hall–Kier alpha value is -1.85. The molecule has 0 saturated carbocycles. The summed E-state index contributed by atoms with van der Waals surface area (Å²) in [5.74, 6) is 0.180. The lowest BCUT2D eigenvalue weighted by Gasteiger charge is -2.16. The van der Waals surface area contributed by atoms with Crippen molar-refractivity contribution in [3.05, 3.63) is 51.2 Å². The Balaban J connectivity index is 1.77. The topological polar surface area (TPSA) is 69.6 Å². The second kappa shape index (κ2) is 8.85. The first-order chi connectivity index (χ1) is 11.5. The number of phenols is 1. The smallest absolute Gasteiger partial charge is 0.220 e. The van der Waals surface area contributed by atoms with Gasteiger partial charge in [0.2, 0.25) is 5.91 Å². The Bertz CT molecular complexity index is 664. The van der Waals surface area contributed by atoms with Crippen molar-refractivity contribution < 1.29 is 15.0 Å². The summed E-state index contributed by atoms with van der Waals surface area (Å²) in [4.78, 5) is 14.7. The van der Waals surface area contributed by atoms with E-state index in [0.717, 1.165) is 18.4 Å². The predicted octanol–water partition coefficient (Wildman–Crippen LogP) is 3.11. The lowest BCUT2D eigenvalue weighted by atomic mass is 10.1. The quantitative estimate of drug-likeness (QED) is 0.687. The maximum absolute atomic E-state index is 12.1. The Morgan fingerprint density at radius 3 is 2.54 bits per heavy atom. The third-order valence-electron chi connectivity index (χ3n) is 4.00. The van der Waals surface area contributed by atoms with Crippen molar-refractivity contribution in [3.8, 4) is 5.75 Å². The number of aromatic hydroxyl groups is 1. The van der Waals surface area contributed by atoms with Crippen molar-refractivity contribution >= 4 is 17.2 Å². The van der Waals surface area contributed by atoms with Crippen LogP contribution in [0.1, 0.15) is 33.7 Å². The zero-order chi connectivity index (χ0) is 17.5. The summed E-state index contributed by atoms with van der Waals surface area (Å²) in [7, 11) is 0. The van der Waals surface area contributed by atoms with Crippen LogP contribution in [0.2, 0.25) is 0 Å². The van der Waals surface area contributed by atoms with Crippen molar-refractivity contribution in [2.24, 2.45) is 0 Å². The maximum Gasteiger partial charge on any atom is 0.220 e. The van der Waals surface area contributed by atoms with Crippen LogP contribution in [-0.4, -0.2) is 28.8 Å². The SMILES string of the molecule is Cc1cc(CCCC(=O)N[C@H](CO)Cc2ccc(O)cc2)c(C)s1. The molecule has 1 aromatic heterocycles. The number of carbonyl (C=O) groups excluding carboxylic acids is 1. The van der Waals surface area contributed by atoms with Crippen LogP contribution in [0, 0.1) is 13.8 Å². The Labute approximate surface area is 147 Å². The molecular formula is C19H25NO3S. The fourth-order valence-electron chi connectivity index (χ4n) is 2.75. The van der Waals surface area contributed by atoms with Gasteiger partial charge in [-0.25, -0.2) is 0 Å². The van der Waals surface area contributed by atoms with Crippen molar-refractivity contribution in [1.82, 2.24) is 5.32 Å². The van der Waals surface area contributed by atoms with E-state index in [2.05, 4.69) is 25.2 Å². The molecule has 1 amide bonds. The van der Waals surface area contributed by atoms with Crippen LogP contribution in [0.15, 0.2) is 30.3 Å². The number of aliphatic hydroxyl groups excluding tert-OH is 1. The van der Waals surface area contributed by atoms with Gasteiger partial charge < -0.3 is 15.5 Å². The van der Waals surface area contributed by atoms with Gasteiger partial charge in [0, 0.05) is 16.2 Å². The van der Waals surface area contributed by atoms with E-state index in [1.54, 1.807) is 35.6 Å². The van der Waals surface area contributed by atoms with E-state index in [1.807, 2.05) is 0 Å². The van der Waals surface area contributed by atoms with Crippen molar-refractivity contribution in [1.29, 1.82) is 0 Å². The average Bonchev–Trinajstić information content (AvgIpc) is 2.86. The normalized spacial score (nSPS) is 12.1. The van der Waals surface area contributed by atoms with E-state index in [0.29, 0.717) is 12.8 Å². The van der Waals surface area contributed by atoms with Gasteiger partial charge in [-0.05, 0) is 62.4 Å². The molecule has 24 heavy (non-hydrogen) atoms. The largest absolute Gasteiger partial charge is 0.508 e. The third-order valence-corrected chi connectivity index (χ3v) is 5.01. The number of aryl methyl sites for hydroxylation is 3. The molecule has 1 aromatic carbocycles. The standard InChI is InChI=1S/C19H25NO3S/c1-13-10-16(14(2)24-13)4-3-5-19(23)20-17(12-21)11-15-6-8-18(22)9-7-15/h6-10,17,21-22H,3-5,11-12H2,1-2H3,(H,20,23)/t17-/m0/s1. The van der Waals surface area contributed by atoms with Crippen LogP contribution in [-0.2, 0) is 17.6 Å². The van der Waals surface area contributed by atoms with Crippen LogP contribution in [0.25, 0.3) is 0 Å². The second-order valence-electron chi connectivity index (χ2n) is 6.11. The summed E-state index contributed by atoms with van der Waals surface area (Å²) in [6.07, 6.45) is 2.72. The van der Waals surface area contributed by atoms with E-state index >= 15 is 0 Å². The molecule has 1 heterocycles. The molecule has 3 N–H and O–H groups in total. The lowest BCUT2D eigenvalue weighted by Crippen LogP contribution is -2.39. The van der Waals surface area contributed by atoms with Gasteiger partial charge in [0.05, 0.1) is 12.6 Å². The highest BCUT2D eigenvalue weighted by Gasteiger charge is 2.12. The summed E-state index contributed by atoms with van der Waals surface area (Å²) < 4.78 is 0. The number of benzene rings is 1. The predicted molar refractivity (Wildman–Crippen MR) is 97.6 cm³/mol. The number of carbonyl (C=O) groups is 1. The van der Waals surface area contributed by atoms with E-state index < -0.39 is 0 Å². The van der Waals surface area contributed by atoms with Gasteiger partial charge in [0.1, 0.15) is 5.75 Å². The van der Waals surface area contributed by atoms with Crippen LogP contribution in [0.3, 0.4) is 0 Å². The van der Waals surface area contributed by atoms with Crippen molar-refractivity contribution in [2.45, 2.75) is 45.6 Å².